The van der Waals surface area contributed by atoms with E-state index in [0.717, 1.165) is 4.88 Å². The summed E-state index contributed by atoms with van der Waals surface area (Å²) in [5, 5.41) is 18.8. The molecule has 37 heavy (non-hydrogen) atoms. The van der Waals surface area contributed by atoms with Gasteiger partial charge < -0.3 is 20.1 Å². The van der Waals surface area contributed by atoms with Gasteiger partial charge in [0, 0.05) is 21.7 Å². The van der Waals surface area contributed by atoms with E-state index in [1.165, 1.54) is 23.1 Å². The summed E-state index contributed by atoms with van der Waals surface area (Å²) in [6, 6.07) is 20.2. The van der Waals surface area contributed by atoms with Crippen molar-refractivity contribution in [2.75, 3.05) is 25.3 Å². The molecule has 3 aromatic rings. The topological polar surface area (TPSA) is 100 Å². The van der Waals surface area contributed by atoms with Crippen LogP contribution in [0.1, 0.15) is 28.1 Å². The predicted molar refractivity (Wildman–Crippen MR) is 147 cm³/mol. The fourth-order valence-electron chi connectivity index (χ4n) is 4.00. The highest BCUT2D eigenvalue weighted by Crippen LogP contribution is 2.42. The summed E-state index contributed by atoms with van der Waals surface area (Å²) in [5.74, 6) is 0.361. The molecule has 0 fully saturated rings. The Bertz CT molecular complexity index is 1400. The van der Waals surface area contributed by atoms with Gasteiger partial charge in [0.1, 0.15) is 11.5 Å². The van der Waals surface area contributed by atoms with Gasteiger partial charge in [-0.05, 0) is 54.8 Å². The number of carbonyl (C=O) groups is 2. The number of hydrogen-bond acceptors (Lipinski definition) is 8. The van der Waals surface area contributed by atoms with E-state index in [4.69, 9.17) is 9.47 Å². The molecule has 0 aliphatic carbocycles. The highest BCUT2D eigenvalue weighted by Gasteiger charge is 2.35. The van der Waals surface area contributed by atoms with Gasteiger partial charge in [0.2, 0.25) is 0 Å². The molecule has 0 bridgehead atoms. The summed E-state index contributed by atoms with van der Waals surface area (Å²) >= 11 is 2.73. The van der Waals surface area contributed by atoms with Crippen LogP contribution >= 0.6 is 23.1 Å². The maximum atomic E-state index is 13.6. The quantitative estimate of drug-likeness (QED) is 0.341. The first-order valence-corrected chi connectivity index (χ1v) is 13.2. The van der Waals surface area contributed by atoms with Crippen LogP contribution in [0, 0.1) is 11.3 Å². The summed E-state index contributed by atoms with van der Waals surface area (Å²) in [5.41, 5.74) is 2.54. The van der Waals surface area contributed by atoms with Gasteiger partial charge in [-0.15, -0.1) is 11.3 Å². The molecule has 2 heterocycles. The minimum absolute atomic E-state index is 0.0757. The van der Waals surface area contributed by atoms with Crippen molar-refractivity contribution in [2.45, 2.75) is 12.8 Å². The number of nitriles is 1. The molecule has 0 unspecified atom stereocenters. The Morgan fingerprint density at radius 1 is 1.08 bits per heavy atom. The van der Waals surface area contributed by atoms with Gasteiger partial charge in [0.25, 0.3) is 5.91 Å². The second-order valence-electron chi connectivity index (χ2n) is 8.06. The maximum Gasteiger partial charge on any atom is 0.254 e. The van der Waals surface area contributed by atoms with Crippen LogP contribution in [0.4, 0.5) is 5.69 Å². The van der Waals surface area contributed by atoms with Crippen molar-refractivity contribution in [3.05, 3.63) is 98.4 Å². The van der Waals surface area contributed by atoms with Gasteiger partial charge >= 0.3 is 0 Å². The highest BCUT2D eigenvalue weighted by atomic mass is 32.2. The SMILES string of the molecule is COc1ccc(C(=O)CSC2=C(C#N)[C@H](c3cccs3)C(C(=O)Nc3ccccc3OC)=C(C)N2)cc1. The molecule has 9 heteroatoms. The van der Waals surface area contributed by atoms with Crippen LogP contribution in [0.3, 0.4) is 0 Å². The van der Waals surface area contributed by atoms with Gasteiger partial charge in [-0.25, -0.2) is 0 Å². The van der Waals surface area contributed by atoms with Gasteiger partial charge in [-0.1, -0.05) is 30.0 Å². The number of ketones is 1. The van der Waals surface area contributed by atoms with Crippen molar-refractivity contribution in [1.82, 2.24) is 5.32 Å². The first kappa shape index (κ1) is 26.1. The number of thiophene rings is 1. The molecule has 4 rings (SSSR count). The van der Waals surface area contributed by atoms with Crippen LogP contribution in [-0.4, -0.2) is 31.7 Å². The fourth-order valence-corrected chi connectivity index (χ4v) is 5.83. The number of ether oxygens (including phenoxy) is 2. The number of rotatable bonds is 9. The number of benzene rings is 2. The lowest BCUT2D eigenvalue weighted by molar-refractivity contribution is -0.113. The van der Waals surface area contributed by atoms with E-state index >= 15 is 0 Å². The number of para-hydroxylation sites is 2. The number of anilines is 1. The third-order valence-corrected chi connectivity index (χ3v) is 7.79. The number of carbonyl (C=O) groups excluding carboxylic acids is 2. The van der Waals surface area contributed by atoms with Crippen molar-refractivity contribution in [2.24, 2.45) is 0 Å². The molecule has 1 atom stereocenters. The Kier molecular flexibility index (Phi) is 8.33. The minimum Gasteiger partial charge on any atom is -0.497 e. The molecule has 1 amide bonds. The molecule has 0 saturated heterocycles. The molecular weight excluding hydrogens is 506 g/mol. The molecule has 7 nitrogen and oxygen atoms in total. The molecule has 2 aromatic carbocycles. The smallest absolute Gasteiger partial charge is 0.254 e. The number of nitrogens with one attached hydrogen (secondary N) is 2. The van der Waals surface area contributed by atoms with E-state index in [-0.39, 0.29) is 17.4 Å². The lowest BCUT2D eigenvalue weighted by Crippen LogP contribution is -2.30. The molecule has 1 aliphatic rings. The Balaban J connectivity index is 1.62. The number of methoxy groups -OCH3 is 2. The zero-order valence-corrected chi connectivity index (χ0v) is 22.2. The third-order valence-electron chi connectivity index (χ3n) is 5.83. The standard InChI is InChI=1S/C28H25N3O4S2/c1-17-25(27(33)31-21-7-4-5-8-23(21)35-3)26(24-9-6-14-36-24)20(15-29)28(30-17)37-16-22(32)18-10-12-19(34-2)13-11-18/h4-14,26,30H,16H2,1-3H3,(H,31,33)/t26-/m1/s1. The fraction of sp³-hybridized carbons (Fsp3) is 0.179. The number of allylic oxidation sites excluding steroid dienone is 2. The average Bonchev–Trinajstić information content (AvgIpc) is 3.46. The molecule has 1 aromatic heterocycles. The van der Waals surface area contributed by atoms with E-state index in [1.54, 1.807) is 57.5 Å². The van der Waals surface area contributed by atoms with E-state index in [1.807, 2.05) is 29.6 Å². The first-order valence-electron chi connectivity index (χ1n) is 11.4. The van der Waals surface area contributed by atoms with Crippen LogP contribution in [0.2, 0.25) is 0 Å². The highest BCUT2D eigenvalue weighted by molar-refractivity contribution is 8.03. The van der Waals surface area contributed by atoms with Crippen molar-refractivity contribution in [1.29, 1.82) is 5.26 Å². The largest absolute Gasteiger partial charge is 0.497 e. The number of dihydropyridines is 1. The zero-order valence-electron chi connectivity index (χ0n) is 20.5. The van der Waals surface area contributed by atoms with Crippen LogP contribution in [0.15, 0.2) is 87.9 Å². The second kappa shape index (κ2) is 11.8. The van der Waals surface area contributed by atoms with Gasteiger partial charge in [-0.3, -0.25) is 9.59 Å². The number of hydrogen-bond donors (Lipinski definition) is 2. The Morgan fingerprint density at radius 3 is 2.49 bits per heavy atom. The van der Waals surface area contributed by atoms with Crippen molar-refractivity contribution < 1.29 is 19.1 Å². The normalized spacial score (nSPS) is 15.0. The Labute approximate surface area is 223 Å². The number of thioether (sulfide) groups is 1. The van der Waals surface area contributed by atoms with E-state index in [2.05, 4.69) is 16.7 Å². The van der Waals surface area contributed by atoms with E-state index in [9.17, 15) is 14.9 Å². The van der Waals surface area contributed by atoms with Crippen LogP contribution < -0.4 is 20.1 Å². The van der Waals surface area contributed by atoms with Gasteiger partial charge in [0.15, 0.2) is 5.78 Å². The summed E-state index contributed by atoms with van der Waals surface area (Å²) in [6.45, 7) is 1.80. The lowest BCUT2D eigenvalue weighted by atomic mass is 9.86. The summed E-state index contributed by atoms with van der Waals surface area (Å²) < 4.78 is 10.5. The summed E-state index contributed by atoms with van der Waals surface area (Å²) in [7, 11) is 3.11. The molecule has 2 N–H and O–H groups in total. The summed E-state index contributed by atoms with van der Waals surface area (Å²) in [6.07, 6.45) is 0. The second-order valence-corrected chi connectivity index (χ2v) is 10.0. The lowest BCUT2D eigenvalue weighted by Gasteiger charge is -2.29. The van der Waals surface area contributed by atoms with Crippen molar-refractivity contribution in [3.63, 3.8) is 0 Å². The molecule has 188 valence electrons. The van der Waals surface area contributed by atoms with Crippen LogP contribution in [-0.2, 0) is 4.79 Å². The number of nitrogens with zero attached hydrogens (tertiary/aromatic N) is 1. The molecule has 0 spiro atoms. The molecule has 0 saturated carbocycles. The Morgan fingerprint density at radius 2 is 1.84 bits per heavy atom. The van der Waals surface area contributed by atoms with E-state index in [0.29, 0.717) is 44.6 Å². The zero-order chi connectivity index (χ0) is 26.4. The van der Waals surface area contributed by atoms with Crippen LogP contribution in [0.25, 0.3) is 0 Å². The number of Topliss-reactive ketones (excluding diaryl/α,β-unsaturated/α-hetero) is 1. The molecule has 1 aliphatic heterocycles. The third kappa shape index (κ3) is 5.71. The monoisotopic (exact) mass is 531 g/mol. The van der Waals surface area contributed by atoms with Crippen molar-refractivity contribution >= 4 is 40.5 Å². The molecule has 0 radical (unpaired) electrons. The van der Waals surface area contributed by atoms with E-state index < -0.39 is 5.92 Å². The average molecular weight is 532 g/mol. The number of amides is 1. The maximum absolute atomic E-state index is 13.6. The van der Waals surface area contributed by atoms with Gasteiger partial charge in [0.05, 0.1) is 48.2 Å². The molecular formula is C28H25N3O4S2. The predicted octanol–water partition coefficient (Wildman–Crippen LogP) is 5.72. The first-order chi connectivity index (χ1) is 18.0. The minimum atomic E-state index is -0.570. The summed E-state index contributed by atoms with van der Waals surface area (Å²) in [4.78, 5) is 27.3. The van der Waals surface area contributed by atoms with Crippen LogP contribution in [0.5, 0.6) is 11.5 Å². The van der Waals surface area contributed by atoms with Gasteiger partial charge in [-0.2, -0.15) is 5.26 Å². The Hall–Kier alpha value is -4.00. The van der Waals surface area contributed by atoms with Crippen molar-refractivity contribution in [3.8, 4) is 17.6 Å².